The number of nitrogens with zero attached hydrogens (tertiary/aromatic N) is 6. The highest BCUT2D eigenvalue weighted by atomic mass is 19.1. The van der Waals surface area contributed by atoms with Crippen molar-refractivity contribution in [2.45, 2.75) is 38.8 Å². The molecule has 5 heterocycles. The van der Waals surface area contributed by atoms with Crippen molar-refractivity contribution >= 4 is 5.65 Å². The zero-order valence-electron chi connectivity index (χ0n) is 18.5. The number of fused-ring (bicyclic) bond motifs is 1. The van der Waals surface area contributed by atoms with Gasteiger partial charge < -0.3 is 10.1 Å². The number of hydrogen-bond acceptors (Lipinski definition) is 6. The standard InChI is InChI=1S/C24H24FN7O/c1-4-19-14-28-22-11-17(24-15(2)32(30-29-24)20-7-9-26-10-8-20)12-23(31(19)22)33-16(3)21-6-5-18(25)13-27-21/h1,5-6,11-14,16,20,26H,7-10H2,2-3H3. The van der Waals surface area contributed by atoms with E-state index in [9.17, 15) is 4.39 Å². The summed E-state index contributed by atoms with van der Waals surface area (Å²) in [5.41, 5.74) is 4.42. The number of imidazole rings is 1. The zero-order valence-corrected chi connectivity index (χ0v) is 18.5. The number of nitrogens with one attached hydrogen (secondary N) is 1. The summed E-state index contributed by atoms with van der Waals surface area (Å²) in [6.45, 7) is 5.83. The molecule has 1 atom stereocenters. The Kier molecular flexibility index (Phi) is 5.52. The van der Waals surface area contributed by atoms with Gasteiger partial charge in [0.1, 0.15) is 29.0 Å². The topological polar surface area (TPSA) is 82.2 Å². The second kappa shape index (κ2) is 8.64. The number of terminal acetylenes is 1. The molecule has 4 aromatic heterocycles. The van der Waals surface area contributed by atoms with Crippen molar-refractivity contribution in [2.75, 3.05) is 13.1 Å². The van der Waals surface area contributed by atoms with E-state index in [0.29, 0.717) is 29.0 Å². The minimum atomic E-state index is -0.441. The van der Waals surface area contributed by atoms with Gasteiger partial charge in [-0.3, -0.25) is 9.38 Å². The molecule has 1 aliphatic heterocycles. The van der Waals surface area contributed by atoms with Crippen LogP contribution in [0.3, 0.4) is 0 Å². The fourth-order valence-electron chi connectivity index (χ4n) is 4.28. The van der Waals surface area contributed by atoms with E-state index in [1.807, 2.05) is 30.7 Å². The summed E-state index contributed by atoms with van der Waals surface area (Å²) in [7, 11) is 0. The molecule has 1 saturated heterocycles. The molecule has 1 unspecified atom stereocenters. The molecule has 0 bridgehead atoms. The van der Waals surface area contributed by atoms with Gasteiger partial charge >= 0.3 is 0 Å². The van der Waals surface area contributed by atoms with E-state index < -0.39 is 11.9 Å². The van der Waals surface area contributed by atoms with Crippen LogP contribution in [-0.4, -0.2) is 42.5 Å². The van der Waals surface area contributed by atoms with Crippen molar-refractivity contribution in [3.05, 3.63) is 59.6 Å². The van der Waals surface area contributed by atoms with Gasteiger partial charge in [-0.2, -0.15) is 0 Å². The molecule has 0 aromatic carbocycles. The Morgan fingerprint density at radius 3 is 2.76 bits per heavy atom. The van der Waals surface area contributed by atoms with E-state index in [4.69, 9.17) is 11.2 Å². The SMILES string of the molecule is C#Cc1cnc2cc(-c3nnn(C4CCNCC4)c3C)cc(OC(C)c3ccc(F)cn3)n12. The Morgan fingerprint density at radius 2 is 2.03 bits per heavy atom. The number of rotatable bonds is 5. The highest BCUT2D eigenvalue weighted by molar-refractivity contribution is 5.68. The van der Waals surface area contributed by atoms with Crippen LogP contribution in [0.1, 0.15) is 49.0 Å². The minimum Gasteiger partial charge on any atom is -0.469 e. The van der Waals surface area contributed by atoms with Gasteiger partial charge in [0.2, 0.25) is 5.88 Å². The lowest BCUT2D eigenvalue weighted by molar-refractivity contribution is 0.210. The second-order valence-electron chi connectivity index (χ2n) is 8.17. The van der Waals surface area contributed by atoms with Crippen molar-refractivity contribution < 1.29 is 9.13 Å². The largest absolute Gasteiger partial charge is 0.469 e. The molecule has 9 heteroatoms. The van der Waals surface area contributed by atoms with Gasteiger partial charge in [-0.05, 0) is 58.0 Å². The van der Waals surface area contributed by atoms with Gasteiger partial charge in [0, 0.05) is 11.6 Å². The molecule has 4 aromatic rings. The third-order valence-electron chi connectivity index (χ3n) is 6.04. The molecule has 33 heavy (non-hydrogen) atoms. The molecule has 1 aliphatic rings. The monoisotopic (exact) mass is 445 g/mol. The molecule has 1 fully saturated rings. The van der Waals surface area contributed by atoms with Gasteiger partial charge in [-0.25, -0.2) is 14.1 Å². The van der Waals surface area contributed by atoms with Crippen molar-refractivity contribution in [3.8, 4) is 29.5 Å². The Morgan fingerprint density at radius 1 is 1.21 bits per heavy atom. The van der Waals surface area contributed by atoms with E-state index in [2.05, 4.69) is 31.5 Å². The van der Waals surface area contributed by atoms with Crippen LogP contribution in [0.2, 0.25) is 0 Å². The summed E-state index contributed by atoms with van der Waals surface area (Å²) >= 11 is 0. The summed E-state index contributed by atoms with van der Waals surface area (Å²) in [5.74, 6) is 2.75. The summed E-state index contributed by atoms with van der Waals surface area (Å²) in [4.78, 5) is 8.60. The highest BCUT2D eigenvalue weighted by Gasteiger charge is 2.22. The lowest BCUT2D eigenvalue weighted by atomic mass is 10.1. The van der Waals surface area contributed by atoms with Gasteiger partial charge in [-0.15, -0.1) is 11.5 Å². The van der Waals surface area contributed by atoms with Crippen molar-refractivity contribution in [2.24, 2.45) is 0 Å². The number of halogens is 1. The summed E-state index contributed by atoms with van der Waals surface area (Å²) in [6, 6.07) is 7.11. The second-order valence-corrected chi connectivity index (χ2v) is 8.17. The van der Waals surface area contributed by atoms with Crippen LogP contribution in [0.25, 0.3) is 16.9 Å². The van der Waals surface area contributed by atoms with E-state index in [1.165, 1.54) is 12.3 Å². The Hall–Kier alpha value is -3.77. The smallest absolute Gasteiger partial charge is 0.201 e. The average Bonchev–Trinajstić information content (AvgIpc) is 3.43. The molecule has 0 amide bonds. The van der Waals surface area contributed by atoms with Crippen LogP contribution in [0.15, 0.2) is 36.7 Å². The Labute approximate surface area is 190 Å². The van der Waals surface area contributed by atoms with E-state index in [1.54, 1.807) is 16.7 Å². The molecule has 168 valence electrons. The normalized spacial score (nSPS) is 15.5. The number of ether oxygens (including phenoxy) is 1. The number of pyridine rings is 2. The fourth-order valence-corrected chi connectivity index (χ4v) is 4.28. The van der Waals surface area contributed by atoms with Crippen molar-refractivity contribution in [1.29, 1.82) is 0 Å². The van der Waals surface area contributed by atoms with Crippen molar-refractivity contribution in [3.63, 3.8) is 0 Å². The first-order valence-electron chi connectivity index (χ1n) is 10.9. The maximum atomic E-state index is 13.3. The zero-order chi connectivity index (χ0) is 22.9. The maximum Gasteiger partial charge on any atom is 0.201 e. The first-order chi connectivity index (χ1) is 16.0. The number of hydrogen-bond donors (Lipinski definition) is 1. The molecular weight excluding hydrogens is 421 g/mol. The third-order valence-corrected chi connectivity index (χ3v) is 6.04. The Balaban J connectivity index is 1.55. The summed E-state index contributed by atoms with van der Waals surface area (Å²) < 4.78 is 23.4. The van der Waals surface area contributed by atoms with Gasteiger partial charge in [0.05, 0.1) is 29.8 Å². The van der Waals surface area contributed by atoms with Gasteiger partial charge in [0.25, 0.3) is 0 Å². The average molecular weight is 446 g/mol. The lowest BCUT2D eigenvalue weighted by Crippen LogP contribution is -2.30. The summed E-state index contributed by atoms with van der Waals surface area (Å²) in [5, 5.41) is 12.3. The quantitative estimate of drug-likeness (QED) is 0.474. The third kappa shape index (κ3) is 3.94. The maximum absolute atomic E-state index is 13.3. The predicted molar refractivity (Wildman–Crippen MR) is 121 cm³/mol. The van der Waals surface area contributed by atoms with Crippen LogP contribution in [0.5, 0.6) is 5.88 Å². The van der Waals surface area contributed by atoms with Crippen LogP contribution in [0.4, 0.5) is 4.39 Å². The van der Waals surface area contributed by atoms with Crippen molar-refractivity contribution in [1.82, 2.24) is 34.7 Å². The molecule has 0 aliphatic carbocycles. The van der Waals surface area contributed by atoms with Crippen LogP contribution in [-0.2, 0) is 0 Å². The fraction of sp³-hybridized carbons (Fsp3) is 0.333. The molecular formula is C24H24FN7O. The summed E-state index contributed by atoms with van der Waals surface area (Å²) in [6.07, 6.45) is 10.1. The molecule has 5 rings (SSSR count). The van der Waals surface area contributed by atoms with Gasteiger partial charge in [-0.1, -0.05) is 11.1 Å². The minimum absolute atomic E-state index is 0.330. The predicted octanol–water partition coefficient (Wildman–Crippen LogP) is 3.48. The molecule has 0 spiro atoms. The Bertz CT molecular complexity index is 1330. The van der Waals surface area contributed by atoms with Gasteiger partial charge in [0.15, 0.2) is 0 Å². The molecule has 8 nitrogen and oxygen atoms in total. The highest BCUT2D eigenvalue weighted by Crippen LogP contribution is 2.32. The van der Waals surface area contributed by atoms with E-state index in [0.717, 1.165) is 42.9 Å². The van der Waals surface area contributed by atoms with Crippen LogP contribution >= 0.6 is 0 Å². The first-order valence-corrected chi connectivity index (χ1v) is 10.9. The number of aromatic nitrogens is 6. The lowest BCUT2D eigenvalue weighted by Gasteiger charge is -2.23. The molecule has 1 N–H and O–H groups in total. The first kappa shape index (κ1) is 21.1. The number of piperidine rings is 1. The van der Waals surface area contributed by atoms with Crippen LogP contribution < -0.4 is 10.1 Å². The molecule has 0 radical (unpaired) electrons. The van der Waals surface area contributed by atoms with E-state index >= 15 is 0 Å². The molecule has 0 saturated carbocycles. The van der Waals surface area contributed by atoms with Crippen LogP contribution in [0, 0.1) is 25.1 Å². The van der Waals surface area contributed by atoms with E-state index in [-0.39, 0.29) is 0 Å².